The number of aromatic amines is 1. The lowest BCUT2D eigenvalue weighted by Gasteiger charge is -2.07. The zero-order valence-corrected chi connectivity index (χ0v) is 8.30. The van der Waals surface area contributed by atoms with Gasteiger partial charge in [0.1, 0.15) is 18.5 Å². The van der Waals surface area contributed by atoms with E-state index < -0.39 is 18.3 Å². The van der Waals surface area contributed by atoms with Crippen LogP contribution in [0.3, 0.4) is 0 Å². The van der Waals surface area contributed by atoms with Gasteiger partial charge in [0.25, 0.3) is 5.56 Å². The van der Waals surface area contributed by atoms with E-state index in [2.05, 4.69) is 9.97 Å². The molecule has 16 heavy (non-hydrogen) atoms. The third-order valence-corrected chi connectivity index (χ3v) is 2.10. The van der Waals surface area contributed by atoms with E-state index in [4.69, 9.17) is 0 Å². The van der Waals surface area contributed by atoms with Gasteiger partial charge in [-0.05, 0) is 13.0 Å². The number of rotatable bonds is 1. The van der Waals surface area contributed by atoms with Crippen LogP contribution in [-0.2, 0) is 6.54 Å². The van der Waals surface area contributed by atoms with Crippen LogP contribution in [0.1, 0.15) is 5.69 Å². The molecule has 0 bridgehead atoms. The molecule has 1 N–H and O–H groups in total. The molecule has 0 spiro atoms. The van der Waals surface area contributed by atoms with Gasteiger partial charge in [-0.3, -0.25) is 9.36 Å². The second-order valence-corrected chi connectivity index (χ2v) is 3.51. The van der Waals surface area contributed by atoms with Crippen LogP contribution in [0.4, 0.5) is 13.2 Å². The van der Waals surface area contributed by atoms with E-state index in [-0.39, 0.29) is 5.39 Å². The monoisotopic (exact) mass is 231 g/mol. The van der Waals surface area contributed by atoms with Crippen LogP contribution in [0.15, 0.2) is 17.2 Å². The smallest absolute Gasteiger partial charge is 0.343 e. The Hall–Kier alpha value is -1.79. The summed E-state index contributed by atoms with van der Waals surface area (Å²) >= 11 is 0. The van der Waals surface area contributed by atoms with E-state index in [1.165, 1.54) is 6.07 Å². The minimum atomic E-state index is -4.43. The van der Waals surface area contributed by atoms with E-state index in [0.717, 1.165) is 6.33 Å². The van der Waals surface area contributed by atoms with Crippen molar-refractivity contribution in [3.8, 4) is 0 Å². The van der Waals surface area contributed by atoms with Gasteiger partial charge in [-0.2, -0.15) is 13.2 Å². The lowest BCUT2D eigenvalue weighted by molar-refractivity contribution is -0.141. The van der Waals surface area contributed by atoms with Gasteiger partial charge in [0, 0.05) is 5.69 Å². The standard InChI is InChI=1S/C9H8F3N3O/c1-5-2-6-7(14-5)13-4-15(8(6)16)3-9(10,11)12/h2,4,14H,3H2,1H3. The number of hydrogen-bond donors (Lipinski definition) is 1. The van der Waals surface area contributed by atoms with Crippen LogP contribution in [0.5, 0.6) is 0 Å². The second-order valence-electron chi connectivity index (χ2n) is 3.51. The molecule has 7 heteroatoms. The molecule has 0 amide bonds. The van der Waals surface area contributed by atoms with E-state index in [9.17, 15) is 18.0 Å². The van der Waals surface area contributed by atoms with Gasteiger partial charge in [-0.1, -0.05) is 0 Å². The van der Waals surface area contributed by atoms with Gasteiger partial charge in [0.05, 0.1) is 5.39 Å². The van der Waals surface area contributed by atoms with Crippen molar-refractivity contribution < 1.29 is 13.2 Å². The highest BCUT2D eigenvalue weighted by atomic mass is 19.4. The molecule has 2 aromatic heterocycles. The zero-order valence-electron chi connectivity index (χ0n) is 8.30. The Morgan fingerprint density at radius 2 is 2.19 bits per heavy atom. The molecule has 2 heterocycles. The highest BCUT2D eigenvalue weighted by Gasteiger charge is 2.28. The molecule has 0 atom stereocenters. The first kappa shape index (κ1) is 10.7. The minimum Gasteiger partial charge on any atom is -0.343 e. The van der Waals surface area contributed by atoms with Crippen molar-refractivity contribution in [1.82, 2.24) is 14.5 Å². The van der Waals surface area contributed by atoms with Gasteiger partial charge < -0.3 is 4.98 Å². The van der Waals surface area contributed by atoms with Crippen LogP contribution in [0.2, 0.25) is 0 Å². The topological polar surface area (TPSA) is 50.7 Å². The van der Waals surface area contributed by atoms with Crippen LogP contribution < -0.4 is 5.56 Å². The molecule has 0 aliphatic heterocycles. The first-order chi connectivity index (χ1) is 7.37. The number of H-pyrrole nitrogens is 1. The Morgan fingerprint density at radius 3 is 2.81 bits per heavy atom. The Balaban J connectivity index is 2.56. The van der Waals surface area contributed by atoms with Crippen LogP contribution in [0, 0.1) is 6.92 Å². The Bertz CT molecular complexity index is 582. The van der Waals surface area contributed by atoms with Gasteiger partial charge in [0.15, 0.2) is 0 Å². The first-order valence-corrected chi connectivity index (χ1v) is 4.48. The average molecular weight is 231 g/mol. The summed E-state index contributed by atoms with van der Waals surface area (Å²) in [6, 6.07) is 1.48. The summed E-state index contributed by atoms with van der Waals surface area (Å²) in [5.74, 6) is 0. The molecule has 0 radical (unpaired) electrons. The quantitative estimate of drug-likeness (QED) is 0.810. The van der Waals surface area contributed by atoms with Crippen molar-refractivity contribution in [2.24, 2.45) is 0 Å². The molecular formula is C9H8F3N3O. The molecule has 4 nitrogen and oxygen atoms in total. The maximum absolute atomic E-state index is 12.1. The fraction of sp³-hybridized carbons (Fsp3) is 0.333. The summed E-state index contributed by atoms with van der Waals surface area (Å²) in [4.78, 5) is 18.2. The maximum Gasteiger partial charge on any atom is 0.406 e. The molecule has 0 unspecified atom stereocenters. The maximum atomic E-state index is 12.1. The molecule has 0 fully saturated rings. The summed E-state index contributed by atoms with van der Waals surface area (Å²) in [5, 5.41) is 0.171. The fourth-order valence-corrected chi connectivity index (χ4v) is 1.48. The number of nitrogens with zero attached hydrogens (tertiary/aromatic N) is 2. The Kier molecular flexibility index (Phi) is 2.25. The van der Waals surface area contributed by atoms with Crippen molar-refractivity contribution in [2.75, 3.05) is 0 Å². The number of aryl methyl sites for hydroxylation is 1. The molecule has 0 aromatic carbocycles. The second kappa shape index (κ2) is 3.36. The van der Waals surface area contributed by atoms with Gasteiger partial charge in [-0.15, -0.1) is 0 Å². The largest absolute Gasteiger partial charge is 0.406 e. The average Bonchev–Trinajstić information content (AvgIpc) is 2.50. The first-order valence-electron chi connectivity index (χ1n) is 4.48. The highest BCUT2D eigenvalue weighted by molar-refractivity contribution is 5.74. The van der Waals surface area contributed by atoms with Crippen LogP contribution in [0.25, 0.3) is 11.0 Å². The highest BCUT2D eigenvalue weighted by Crippen LogP contribution is 2.16. The van der Waals surface area contributed by atoms with Crippen molar-refractivity contribution in [3.05, 3.63) is 28.4 Å². The number of halogens is 3. The summed E-state index contributed by atoms with van der Waals surface area (Å²) in [5.41, 5.74) is 0.303. The van der Waals surface area contributed by atoms with E-state index in [1.807, 2.05) is 0 Å². The third-order valence-electron chi connectivity index (χ3n) is 2.10. The molecule has 0 saturated heterocycles. The normalized spacial score (nSPS) is 12.2. The van der Waals surface area contributed by atoms with E-state index >= 15 is 0 Å². The van der Waals surface area contributed by atoms with Crippen LogP contribution >= 0.6 is 0 Å². The number of alkyl halides is 3. The van der Waals surface area contributed by atoms with Crippen LogP contribution in [-0.4, -0.2) is 20.7 Å². The summed E-state index contributed by atoms with van der Waals surface area (Å²) in [6.45, 7) is 0.383. The predicted octanol–water partition coefficient (Wildman–Crippen LogP) is 1.60. The molecule has 2 aromatic rings. The molecule has 2 rings (SSSR count). The number of nitrogens with one attached hydrogen (secondary N) is 1. The lowest BCUT2D eigenvalue weighted by Crippen LogP contribution is -2.28. The zero-order chi connectivity index (χ0) is 11.9. The lowest BCUT2D eigenvalue weighted by atomic mass is 10.3. The third kappa shape index (κ3) is 1.93. The number of hydrogen-bond acceptors (Lipinski definition) is 2. The molecular weight excluding hydrogens is 223 g/mol. The van der Waals surface area contributed by atoms with E-state index in [1.54, 1.807) is 6.92 Å². The summed E-state index contributed by atoms with van der Waals surface area (Å²) in [6.07, 6.45) is -3.53. The molecule has 0 saturated carbocycles. The van der Waals surface area contributed by atoms with Gasteiger partial charge in [0.2, 0.25) is 0 Å². The van der Waals surface area contributed by atoms with Gasteiger partial charge >= 0.3 is 6.18 Å². The van der Waals surface area contributed by atoms with Gasteiger partial charge in [-0.25, -0.2) is 4.98 Å². The predicted molar refractivity (Wildman–Crippen MR) is 51.1 cm³/mol. The summed E-state index contributed by atoms with van der Waals surface area (Å²) in [7, 11) is 0. The SMILES string of the molecule is Cc1cc2c(=O)n(CC(F)(F)F)cnc2[nH]1. The van der Waals surface area contributed by atoms with Crippen molar-refractivity contribution in [2.45, 2.75) is 19.6 Å². The number of fused-ring (bicyclic) bond motifs is 1. The van der Waals surface area contributed by atoms with E-state index in [0.29, 0.717) is 15.9 Å². The van der Waals surface area contributed by atoms with Crippen molar-refractivity contribution in [1.29, 1.82) is 0 Å². The summed E-state index contributed by atoms with van der Waals surface area (Å²) < 4.78 is 36.9. The number of aromatic nitrogens is 3. The minimum absolute atomic E-state index is 0.171. The van der Waals surface area contributed by atoms with Crippen molar-refractivity contribution in [3.63, 3.8) is 0 Å². The molecule has 0 aliphatic carbocycles. The molecule has 0 aliphatic rings. The van der Waals surface area contributed by atoms with Crippen molar-refractivity contribution >= 4 is 11.0 Å². The Morgan fingerprint density at radius 1 is 1.50 bits per heavy atom. The fourth-order valence-electron chi connectivity index (χ4n) is 1.48. The Labute approximate surface area is 87.7 Å². The molecule has 86 valence electrons.